The smallest absolute Gasteiger partial charge is 0.241 e. The lowest BCUT2D eigenvalue weighted by atomic mass is 10.1. The van der Waals surface area contributed by atoms with E-state index in [0.29, 0.717) is 30.6 Å². The number of carbonyl (C=O) groups excluding carboxylic acids is 1. The summed E-state index contributed by atoms with van der Waals surface area (Å²) in [6, 6.07) is 7.97. The lowest BCUT2D eigenvalue weighted by Gasteiger charge is -2.14. The summed E-state index contributed by atoms with van der Waals surface area (Å²) in [4.78, 5) is 22.1. The van der Waals surface area contributed by atoms with Crippen molar-refractivity contribution in [3.05, 3.63) is 54.4 Å². The van der Waals surface area contributed by atoms with Gasteiger partial charge in [0.05, 0.1) is 13.1 Å². The van der Waals surface area contributed by atoms with Crippen LogP contribution in [-0.4, -0.2) is 48.9 Å². The average molecular weight is 483 g/mol. The van der Waals surface area contributed by atoms with E-state index >= 15 is 0 Å². The Morgan fingerprint density at radius 1 is 1.30 bits per heavy atom. The number of rotatable bonds is 7. The maximum Gasteiger partial charge on any atom is 0.241 e. The molecule has 0 atom stereocenters. The van der Waals surface area contributed by atoms with Crippen LogP contribution in [0.5, 0.6) is 0 Å². The first-order valence-corrected chi connectivity index (χ1v) is 8.34. The third kappa shape index (κ3) is 7.41. The van der Waals surface area contributed by atoms with Gasteiger partial charge in [-0.15, -0.1) is 30.6 Å². The number of likely N-dealkylation sites (N-methyl/N-ethyl adjacent to an activating group) is 1. The highest BCUT2D eigenvalue weighted by molar-refractivity contribution is 14.0. The van der Waals surface area contributed by atoms with Crippen molar-refractivity contribution in [3.63, 3.8) is 0 Å². The normalized spacial score (nSPS) is 10.7. The molecular weight excluding hydrogens is 457 g/mol. The number of hydrogen-bond acceptors (Lipinski definition) is 4. The van der Waals surface area contributed by atoms with E-state index < -0.39 is 0 Å². The fraction of sp³-hybridized carbons (Fsp3) is 0.316. The predicted octanol–water partition coefficient (Wildman–Crippen LogP) is 2.58. The van der Waals surface area contributed by atoms with E-state index in [9.17, 15) is 4.79 Å². The summed E-state index contributed by atoms with van der Waals surface area (Å²) in [5, 5.41) is 6.06. The van der Waals surface area contributed by atoms with Crippen LogP contribution in [0.3, 0.4) is 0 Å². The maximum atomic E-state index is 11.7. The molecule has 8 heteroatoms. The molecule has 0 saturated carbocycles. The summed E-state index contributed by atoms with van der Waals surface area (Å²) < 4.78 is 5.54. The molecular formula is C19H26IN5O2. The van der Waals surface area contributed by atoms with Gasteiger partial charge >= 0.3 is 0 Å². The number of halogens is 1. The van der Waals surface area contributed by atoms with Crippen molar-refractivity contribution >= 4 is 35.8 Å². The van der Waals surface area contributed by atoms with E-state index in [1.54, 1.807) is 26.4 Å². The van der Waals surface area contributed by atoms with Crippen LogP contribution in [0.2, 0.25) is 0 Å². The molecule has 0 fully saturated rings. The number of nitrogens with one attached hydrogen (secondary N) is 2. The molecule has 0 unspecified atom stereocenters. The number of guanidine groups is 1. The second kappa shape index (κ2) is 11.4. The van der Waals surface area contributed by atoms with Crippen molar-refractivity contribution in [2.45, 2.75) is 13.5 Å². The van der Waals surface area contributed by atoms with E-state index in [-0.39, 0.29) is 36.4 Å². The van der Waals surface area contributed by atoms with Crippen molar-refractivity contribution in [1.29, 1.82) is 0 Å². The molecule has 0 aliphatic heterocycles. The first-order valence-electron chi connectivity index (χ1n) is 8.34. The van der Waals surface area contributed by atoms with Crippen molar-refractivity contribution in [3.8, 4) is 11.5 Å². The van der Waals surface area contributed by atoms with E-state index in [1.807, 2.05) is 31.2 Å². The van der Waals surface area contributed by atoms with E-state index in [2.05, 4.69) is 27.2 Å². The maximum absolute atomic E-state index is 11.7. The quantitative estimate of drug-likeness (QED) is 0.274. The zero-order chi connectivity index (χ0) is 18.9. The fourth-order valence-corrected chi connectivity index (χ4v) is 2.03. The largest absolute Gasteiger partial charge is 0.444 e. The molecule has 0 aliphatic carbocycles. The highest BCUT2D eigenvalue weighted by Gasteiger charge is 2.08. The first kappa shape index (κ1) is 22.7. The second-order valence-corrected chi connectivity index (χ2v) is 5.99. The Balaban J connectivity index is 0.00000364. The van der Waals surface area contributed by atoms with Crippen molar-refractivity contribution in [2.75, 3.05) is 27.2 Å². The Bertz CT molecular complexity index is 769. The monoisotopic (exact) mass is 483 g/mol. The zero-order valence-corrected chi connectivity index (χ0v) is 18.2. The Hall–Kier alpha value is -2.36. The lowest BCUT2D eigenvalue weighted by Crippen LogP contribution is -2.43. The van der Waals surface area contributed by atoms with Crippen LogP contribution in [0.1, 0.15) is 11.3 Å². The number of aryl methyl sites for hydroxylation is 1. The van der Waals surface area contributed by atoms with Crippen LogP contribution < -0.4 is 10.6 Å². The molecule has 0 bridgehead atoms. The minimum absolute atomic E-state index is 0. The van der Waals surface area contributed by atoms with E-state index in [1.165, 1.54) is 10.5 Å². The molecule has 0 radical (unpaired) electrons. The zero-order valence-electron chi connectivity index (χ0n) is 15.9. The predicted molar refractivity (Wildman–Crippen MR) is 118 cm³/mol. The summed E-state index contributed by atoms with van der Waals surface area (Å²) in [5.41, 5.74) is 2.81. The summed E-state index contributed by atoms with van der Waals surface area (Å²) in [6.45, 7) is 6.73. The van der Waals surface area contributed by atoms with Crippen LogP contribution in [0, 0.1) is 6.92 Å². The molecule has 7 nitrogen and oxygen atoms in total. The second-order valence-electron chi connectivity index (χ2n) is 5.99. The summed E-state index contributed by atoms with van der Waals surface area (Å²) in [7, 11) is 3.42. The SMILES string of the molecule is C=CCNC(=NCc1coc(-c2ccc(C)cc2)n1)NCC(=O)N(C)C.I. The number of amides is 1. The number of oxazole rings is 1. The number of benzene rings is 1. The third-order valence-electron chi connectivity index (χ3n) is 3.57. The van der Waals surface area contributed by atoms with Gasteiger partial charge in [-0.1, -0.05) is 23.8 Å². The fourth-order valence-electron chi connectivity index (χ4n) is 2.03. The van der Waals surface area contributed by atoms with Crippen molar-refractivity contribution in [2.24, 2.45) is 4.99 Å². The number of carbonyl (C=O) groups is 1. The molecule has 2 aromatic rings. The Morgan fingerprint density at radius 2 is 2.00 bits per heavy atom. The Kier molecular flexibility index (Phi) is 9.55. The molecule has 2 rings (SSSR count). The summed E-state index contributed by atoms with van der Waals surface area (Å²) in [6.07, 6.45) is 3.31. The van der Waals surface area contributed by atoms with Crippen LogP contribution in [-0.2, 0) is 11.3 Å². The van der Waals surface area contributed by atoms with E-state index in [0.717, 1.165) is 5.56 Å². The molecule has 1 amide bonds. The molecule has 0 saturated heterocycles. The summed E-state index contributed by atoms with van der Waals surface area (Å²) >= 11 is 0. The number of aliphatic imine (C=N–C) groups is 1. The van der Waals surface area contributed by atoms with Crippen molar-refractivity contribution in [1.82, 2.24) is 20.5 Å². The molecule has 1 heterocycles. The number of aromatic nitrogens is 1. The van der Waals surface area contributed by atoms with Gasteiger partial charge in [0.25, 0.3) is 0 Å². The van der Waals surface area contributed by atoms with E-state index in [4.69, 9.17) is 4.42 Å². The molecule has 2 N–H and O–H groups in total. The minimum atomic E-state index is -0.0406. The van der Waals surface area contributed by atoms with Gasteiger partial charge in [0.1, 0.15) is 12.0 Å². The summed E-state index contributed by atoms with van der Waals surface area (Å²) in [5.74, 6) is 1.03. The van der Waals surface area contributed by atoms with Gasteiger partial charge in [0, 0.05) is 26.2 Å². The van der Waals surface area contributed by atoms with Gasteiger partial charge in [-0.05, 0) is 19.1 Å². The van der Waals surface area contributed by atoms with Crippen LogP contribution >= 0.6 is 24.0 Å². The molecule has 0 aliphatic rings. The topological polar surface area (TPSA) is 82.8 Å². The highest BCUT2D eigenvalue weighted by Crippen LogP contribution is 2.19. The van der Waals surface area contributed by atoms with Gasteiger partial charge in [0.15, 0.2) is 5.96 Å². The number of nitrogens with zero attached hydrogens (tertiary/aromatic N) is 3. The van der Waals surface area contributed by atoms with Gasteiger partial charge in [-0.2, -0.15) is 0 Å². The Labute approximate surface area is 177 Å². The van der Waals surface area contributed by atoms with Gasteiger partial charge in [0.2, 0.25) is 11.8 Å². The first-order chi connectivity index (χ1) is 12.5. The molecule has 0 spiro atoms. The number of hydrogen-bond donors (Lipinski definition) is 2. The average Bonchev–Trinajstić information content (AvgIpc) is 3.10. The molecule has 1 aromatic heterocycles. The Morgan fingerprint density at radius 3 is 2.63 bits per heavy atom. The van der Waals surface area contributed by atoms with Crippen LogP contribution in [0.25, 0.3) is 11.5 Å². The minimum Gasteiger partial charge on any atom is -0.444 e. The van der Waals surface area contributed by atoms with Crippen molar-refractivity contribution < 1.29 is 9.21 Å². The van der Waals surface area contributed by atoms with Gasteiger partial charge in [-0.3, -0.25) is 4.79 Å². The highest BCUT2D eigenvalue weighted by atomic mass is 127. The molecule has 1 aromatic carbocycles. The van der Waals surface area contributed by atoms with Gasteiger partial charge in [-0.25, -0.2) is 9.98 Å². The standard InChI is InChI=1S/C19H25N5O2.HI/c1-5-10-20-19(22-12-17(25)24(3)4)21-11-16-13-26-18(23-16)15-8-6-14(2)7-9-15;/h5-9,13H,1,10-12H2,2-4H3,(H2,20,21,22);1H. The molecule has 146 valence electrons. The molecule has 27 heavy (non-hydrogen) atoms. The lowest BCUT2D eigenvalue weighted by molar-refractivity contribution is -0.127. The van der Waals surface area contributed by atoms with Crippen LogP contribution in [0.15, 0.2) is 52.6 Å². The van der Waals surface area contributed by atoms with Crippen LogP contribution in [0.4, 0.5) is 0 Å². The van der Waals surface area contributed by atoms with Gasteiger partial charge < -0.3 is 20.0 Å². The third-order valence-corrected chi connectivity index (χ3v) is 3.57.